The summed E-state index contributed by atoms with van der Waals surface area (Å²) in [6, 6.07) is 6.19. The summed E-state index contributed by atoms with van der Waals surface area (Å²) >= 11 is 0. The third-order valence-corrected chi connectivity index (χ3v) is 6.34. The fourth-order valence-corrected chi connectivity index (χ4v) is 4.78. The second-order valence-corrected chi connectivity index (χ2v) is 8.38. The van der Waals surface area contributed by atoms with Crippen molar-refractivity contribution in [3.8, 4) is 0 Å². The minimum Gasteiger partial charge on any atom is -0.379 e. The van der Waals surface area contributed by atoms with Crippen LogP contribution in [-0.2, 0) is 14.8 Å². The van der Waals surface area contributed by atoms with Gasteiger partial charge in [0.2, 0.25) is 10.0 Å². The van der Waals surface area contributed by atoms with Gasteiger partial charge in [-0.2, -0.15) is 0 Å². The monoisotopic (exact) mass is 372 g/mol. The van der Waals surface area contributed by atoms with E-state index in [4.69, 9.17) is 4.74 Å². The van der Waals surface area contributed by atoms with Crippen LogP contribution in [0.25, 0.3) is 0 Å². The van der Waals surface area contributed by atoms with E-state index in [1.54, 1.807) is 6.07 Å². The highest BCUT2D eigenvalue weighted by Gasteiger charge is 2.25. The molecule has 25 heavy (non-hydrogen) atoms. The number of hydrogen-bond donors (Lipinski definition) is 1. The Morgan fingerprint density at radius 3 is 2.52 bits per heavy atom. The minimum absolute atomic E-state index is 0.138. The first-order chi connectivity index (χ1) is 11.9. The summed E-state index contributed by atoms with van der Waals surface area (Å²) in [6.45, 7) is 6.87. The van der Waals surface area contributed by atoms with E-state index < -0.39 is 10.0 Å². The predicted molar refractivity (Wildman–Crippen MR) is 97.4 cm³/mol. The van der Waals surface area contributed by atoms with Gasteiger partial charge in [0.1, 0.15) is 5.82 Å². The van der Waals surface area contributed by atoms with Crippen molar-refractivity contribution in [3.05, 3.63) is 35.6 Å². The van der Waals surface area contributed by atoms with Gasteiger partial charge >= 0.3 is 0 Å². The molecule has 0 aliphatic carbocycles. The molecule has 1 saturated heterocycles. The first kappa shape index (κ1) is 20.3. The van der Waals surface area contributed by atoms with Crippen LogP contribution < -0.4 is 4.72 Å². The van der Waals surface area contributed by atoms with Crippen molar-refractivity contribution in [1.82, 2.24) is 9.62 Å². The number of benzene rings is 1. The van der Waals surface area contributed by atoms with Crippen LogP contribution in [0.3, 0.4) is 0 Å². The van der Waals surface area contributed by atoms with Gasteiger partial charge in [-0.15, -0.1) is 0 Å². The third-order valence-electron chi connectivity index (χ3n) is 4.83. The summed E-state index contributed by atoms with van der Waals surface area (Å²) in [6.07, 6.45) is 1.68. The average molecular weight is 373 g/mol. The molecule has 1 heterocycles. The molecule has 1 aliphatic rings. The molecule has 1 aromatic carbocycles. The summed E-state index contributed by atoms with van der Waals surface area (Å²) in [4.78, 5) is 2.15. The Kier molecular flexibility index (Phi) is 7.81. The Morgan fingerprint density at radius 2 is 1.92 bits per heavy atom. The van der Waals surface area contributed by atoms with Gasteiger partial charge in [0.15, 0.2) is 0 Å². The number of ether oxygens (including phenoxy) is 1. The van der Waals surface area contributed by atoms with E-state index >= 15 is 0 Å². The smallest absolute Gasteiger partial charge is 0.211 e. The molecule has 1 fully saturated rings. The number of hydrogen-bond acceptors (Lipinski definition) is 4. The largest absolute Gasteiger partial charge is 0.379 e. The molecule has 0 aromatic heterocycles. The molecular formula is C18H29FN2O3S. The van der Waals surface area contributed by atoms with Crippen LogP contribution in [0.15, 0.2) is 24.3 Å². The second-order valence-electron chi connectivity index (χ2n) is 6.53. The molecule has 1 N–H and O–H groups in total. The van der Waals surface area contributed by atoms with Crippen LogP contribution in [0, 0.1) is 11.7 Å². The van der Waals surface area contributed by atoms with E-state index in [1.807, 2.05) is 19.9 Å². The van der Waals surface area contributed by atoms with Gasteiger partial charge in [-0.1, -0.05) is 38.8 Å². The van der Waals surface area contributed by atoms with Crippen molar-refractivity contribution in [2.45, 2.75) is 32.7 Å². The van der Waals surface area contributed by atoms with Gasteiger partial charge in [-0.3, -0.25) is 4.90 Å². The highest BCUT2D eigenvalue weighted by atomic mass is 32.2. The van der Waals surface area contributed by atoms with Crippen LogP contribution in [-0.4, -0.2) is 51.9 Å². The summed E-state index contributed by atoms with van der Waals surface area (Å²) in [5, 5.41) is 0. The molecule has 1 aliphatic heterocycles. The zero-order chi connectivity index (χ0) is 18.3. The summed E-state index contributed by atoms with van der Waals surface area (Å²) in [5.41, 5.74) is 0.784. The molecule has 5 nitrogen and oxygen atoms in total. The maximum atomic E-state index is 13.7. The highest BCUT2D eigenvalue weighted by Crippen LogP contribution is 2.22. The predicted octanol–water partition coefficient (Wildman–Crippen LogP) is 2.55. The standard InChI is InChI=1S/C18H29FN2O3S/c1-3-15(4-2)14-25(22,23)20-13-18(21-8-10-24-11-9-21)16-6-5-7-17(19)12-16/h5-7,12,15,18,20H,3-4,8-11,13-14H2,1-2H3. The summed E-state index contributed by atoms with van der Waals surface area (Å²) in [7, 11) is -3.36. The van der Waals surface area contributed by atoms with Crippen LogP contribution in [0.2, 0.25) is 0 Å². The zero-order valence-corrected chi connectivity index (χ0v) is 15.9. The molecule has 1 aromatic rings. The van der Waals surface area contributed by atoms with Crippen molar-refractivity contribution < 1.29 is 17.5 Å². The molecule has 1 atom stereocenters. The Morgan fingerprint density at radius 1 is 1.24 bits per heavy atom. The van der Waals surface area contributed by atoms with Gasteiger partial charge < -0.3 is 4.74 Å². The van der Waals surface area contributed by atoms with Crippen molar-refractivity contribution >= 4 is 10.0 Å². The molecule has 0 amide bonds. The van der Waals surface area contributed by atoms with Gasteiger partial charge in [0.05, 0.1) is 19.0 Å². The van der Waals surface area contributed by atoms with Crippen molar-refractivity contribution in [2.75, 3.05) is 38.6 Å². The van der Waals surface area contributed by atoms with E-state index in [0.717, 1.165) is 18.4 Å². The zero-order valence-electron chi connectivity index (χ0n) is 15.1. The molecule has 1 unspecified atom stereocenters. The van der Waals surface area contributed by atoms with Crippen molar-refractivity contribution in [2.24, 2.45) is 5.92 Å². The fraction of sp³-hybridized carbons (Fsp3) is 0.667. The first-order valence-corrected chi connectivity index (χ1v) is 10.6. The van der Waals surface area contributed by atoms with Gasteiger partial charge in [0.25, 0.3) is 0 Å². The topological polar surface area (TPSA) is 58.6 Å². The lowest BCUT2D eigenvalue weighted by atomic mass is 10.0. The highest BCUT2D eigenvalue weighted by molar-refractivity contribution is 7.89. The van der Waals surface area contributed by atoms with Crippen LogP contribution in [0.4, 0.5) is 4.39 Å². The lowest BCUT2D eigenvalue weighted by molar-refractivity contribution is 0.0171. The molecule has 0 spiro atoms. The molecule has 7 heteroatoms. The minimum atomic E-state index is -3.36. The number of halogens is 1. The average Bonchev–Trinajstić information content (AvgIpc) is 2.61. The van der Waals surface area contributed by atoms with Crippen LogP contribution in [0.5, 0.6) is 0 Å². The summed E-state index contributed by atoms with van der Waals surface area (Å²) < 4.78 is 46.6. The molecule has 142 valence electrons. The molecule has 0 saturated carbocycles. The number of morpholine rings is 1. The van der Waals surface area contributed by atoms with Gasteiger partial charge in [-0.05, 0) is 23.6 Å². The Labute approximate surface area is 150 Å². The Hall–Kier alpha value is -1.02. The van der Waals surface area contributed by atoms with Crippen molar-refractivity contribution in [3.63, 3.8) is 0 Å². The maximum absolute atomic E-state index is 13.7. The SMILES string of the molecule is CCC(CC)CS(=O)(=O)NCC(c1cccc(F)c1)N1CCOCC1. The number of nitrogens with zero attached hydrogens (tertiary/aromatic N) is 1. The quantitative estimate of drug-likeness (QED) is 0.724. The van der Waals surface area contributed by atoms with Gasteiger partial charge in [0, 0.05) is 25.7 Å². The number of nitrogens with one attached hydrogen (secondary N) is 1. The normalized spacial score (nSPS) is 17.8. The fourth-order valence-electron chi connectivity index (χ4n) is 3.16. The van der Waals surface area contributed by atoms with Crippen molar-refractivity contribution in [1.29, 1.82) is 0 Å². The Bertz CT molecular complexity index is 629. The van der Waals surface area contributed by atoms with Crippen LogP contribution in [0.1, 0.15) is 38.3 Å². The number of sulfonamides is 1. The molecule has 0 bridgehead atoms. The van der Waals surface area contributed by atoms with Gasteiger partial charge in [-0.25, -0.2) is 17.5 Å². The van der Waals surface area contributed by atoms with E-state index in [2.05, 4.69) is 9.62 Å². The first-order valence-electron chi connectivity index (χ1n) is 8.99. The molecular weight excluding hydrogens is 343 g/mol. The summed E-state index contributed by atoms with van der Waals surface area (Å²) in [5.74, 6) is -0.0111. The molecule has 0 radical (unpaired) electrons. The van der Waals surface area contributed by atoms with Crippen LogP contribution >= 0.6 is 0 Å². The van der Waals surface area contributed by atoms with E-state index in [9.17, 15) is 12.8 Å². The lowest BCUT2D eigenvalue weighted by Gasteiger charge is -2.35. The van der Waals surface area contributed by atoms with E-state index in [1.165, 1.54) is 12.1 Å². The third kappa shape index (κ3) is 6.33. The van der Waals surface area contributed by atoms with E-state index in [-0.39, 0.29) is 30.1 Å². The molecule has 2 rings (SSSR count). The second kappa shape index (κ2) is 9.62. The maximum Gasteiger partial charge on any atom is 0.211 e. The van der Waals surface area contributed by atoms with E-state index in [0.29, 0.717) is 26.3 Å². The Balaban J connectivity index is 2.10. The lowest BCUT2D eigenvalue weighted by Crippen LogP contribution is -2.44. The number of rotatable bonds is 9.